The molecule has 0 amide bonds. The van der Waals surface area contributed by atoms with E-state index in [1.54, 1.807) is 12.1 Å². The quantitative estimate of drug-likeness (QED) is 0.504. The largest absolute Gasteiger partial charge is 0.480 e. The van der Waals surface area contributed by atoms with Crippen LogP contribution in [0.5, 0.6) is 0 Å². The maximum atomic E-state index is 11.2. The van der Waals surface area contributed by atoms with Crippen molar-refractivity contribution in [2.45, 2.75) is 19.4 Å². The molecule has 1 rings (SSSR count). The molecule has 0 bridgehead atoms. The third-order valence-electron chi connectivity index (χ3n) is 2.86. The standard InChI is InChI=1S/C11H13IN2O4/c1-11(2,10(15)16)13(3)8-5-4-7(12)6-9(8)14(17)18/h4-6H,1-3H3,(H,15,16). The van der Waals surface area contributed by atoms with Gasteiger partial charge < -0.3 is 10.0 Å². The molecular weight excluding hydrogens is 351 g/mol. The Morgan fingerprint density at radius 3 is 2.50 bits per heavy atom. The van der Waals surface area contributed by atoms with Gasteiger partial charge in [-0.2, -0.15) is 0 Å². The van der Waals surface area contributed by atoms with E-state index < -0.39 is 16.4 Å². The maximum absolute atomic E-state index is 11.2. The van der Waals surface area contributed by atoms with Crippen LogP contribution >= 0.6 is 22.6 Å². The van der Waals surface area contributed by atoms with Crippen LogP contribution in [0.2, 0.25) is 0 Å². The molecular formula is C11H13IN2O4. The third-order valence-corrected chi connectivity index (χ3v) is 3.53. The Bertz CT molecular complexity index is 502. The minimum atomic E-state index is -1.22. The van der Waals surface area contributed by atoms with Gasteiger partial charge in [-0.05, 0) is 48.6 Å². The number of nitrogens with zero attached hydrogens (tertiary/aromatic N) is 2. The SMILES string of the molecule is CN(c1ccc(I)cc1[N+](=O)[O-])C(C)(C)C(=O)O. The summed E-state index contributed by atoms with van der Waals surface area (Å²) in [5.74, 6) is -1.04. The number of nitro groups is 1. The second-order valence-corrected chi connectivity index (χ2v) is 5.56. The number of hydrogen-bond donors (Lipinski definition) is 1. The van der Waals surface area contributed by atoms with Crippen molar-refractivity contribution in [3.05, 3.63) is 31.9 Å². The van der Waals surface area contributed by atoms with Gasteiger partial charge in [0, 0.05) is 16.7 Å². The molecule has 0 aliphatic heterocycles. The number of aliphatic carboxylic acids is 1. The molecule has 7 heteroatoms. The molecule has 1 aromatic carbocycles. The second-order valence-electron chi connectivity index (χ2n) is 4.31. The van der Waals surface area contributed by atoms with Crippen LogP contribution in [0, 0.1) is 13.7 Å². The van der Waals surface area contributed by atoms with Gasteiger partial charge >= 0.3 is 5.97 Å². The van der Waals surface area contributed by atoms with E-state index in [1.807, 2.05) is 22.6 Å². The summed E-state index contributed by atoms with van der Waals surface area (Å²) in [6.45, 7) is 2.99. The number of benzene rings is 1. The zero-order chi connectivity index (χ0) is 14.1. The highest BCUT2D eigenvalue weighted by Crippen LogP contribution is 2.33. The molecule has 0 radical (unpaired) electrons. The number of nitro benzene ring substituents is 1. The zero-order valence-corrected chi connectivity index (χ0v) is 12.3. The molecule has 0 fully saturated rings. The van der Waals surface area contributed by atoms with E-state index in [2.05, 4.69) is 0 Å². The predicted octanol–water partition coefficient (Wildman–Crippen LogP) is 2.50. The molecule has 0 atom stereocenters. The summed E-state index contributed by atoms with van der Waals surface area (Å²) in [6.07, 6.45) is 0. The van der Waals surface area contributed by atoms with Crippen LogP contribution in [0.3, 0.4) is 0 Å². The maximum Gasteiger partial charge on any atom is 0.328 e. The van der Waals surface area contributed by atoms with Crippen molar-refractivity contribution in [2.24, 2.45) is 0 Å². The summed E-state index contributed by atoms with van der Waals surface area (Å²) < 4.78 is 0.726. The molecule has 0 heterocycles. The average molecular weight is 364 g/mol. The highest BCUT2D eigenvalue weighted by molar-refractivity contribution is 14.1. The van der Waals surface area contributed by atoms with Crippen molar-refractivity contribution in [1.29, 1.82) is 0 Å². The fraction of sp³-hybridized carbons (Fsp3) is 0.364. The summed E-state index contributed by atoms with van der Waals surface area (Å²) in [6, 6.07) is 4.69. The number of rotatable bonds is 4. The Morgan fingerprint density at radius 1 is 1.50 bits per heavy atom. The molecule has 1 aromatic rings. The lowest BCUT2D eigenvalue weighted by Gasteiger charge is -2.33. The molecule has 0 aliphatic rings. The highest BCUT2D eigenvalue weighted by Gasteiger charge is 2.35. The van der Waals surface area contributed by atoms with Gasteiger partial charge in [-0.1, -0.05) is 0 Å². The van der Waals surface area contributed by atoms with Crippen LogP contribution in [0.1, 0.15) is 13.8 Å². The lowest BCUT2D eigenvalue weighted by atomic mass is 10.0. The summed E-state index contributed by atoms with van der Waals surface area (Å²) in [7, 11) is 1.53. The highest BCUT2D eigenvalue weighted by atomic mass is 127. The first-order chi connectivity index (χ1) is 8.17. The van der Waals surface area contributed by atoms with Gasteiger partial charge in [0.15, 0.2) is 0 Å². The van der Waals surface area contributed by atoms with Gasteiger partial charge in [-0.25, -0.2) is 4.79 Å². The molecule has 6 nitrogen and oxygen atoms in total. The molecule has 18 heavy (non-hydrogen) atoms. The molecule has 0 aromatic heterocycles. The van der Waals surface area contributed by atoms with E-state index in [1.165, 1.54) is 31.9 Å². The molecule has 0 saturated carbocycles. The van der Waals surface area contributed by atoms with Crippen LogP contribution in [0.25, 0.3) is 0 Å². The predicted molar refractivity (Wildman–Crippen MR) is 75.9 cm³/mol. The molecule has 0 saturated heterocycles. The fourth-order valence-corrected chi connectivity index (χ4v) is 1.85. The number of hydrogen-bond acceptors (Lipinski definition) is 4. The average Bonchev–Trinajstić information content (AvgIpc) is 2.27. The Labute approximate surface area is 118 Å². The van der Waals surface area contributed by atoms with Crippen molar-refractivity contribution in [2.75, 3.05) is 11.9 Å². The molecule has 0 spiro atoms. The van der Waals surface area contributed by atoms with Crippen LogP contribution in [0.15, 0.2) is 18.2 Å². The van der Waals surface area contributed by atoms with E-state index in [-0.39, 0.29) is 11.4 Å². The number of halogens is 1. The minimum absolute atomic E-state index is 0.0984. The summed E-state index contributed by atoms with van der Waals surface area (Å²) in [4.78, 5) is 23.1. The zero-order valence-electron chi connectivity index (χ0n) is 10.2. The first-order valence-electron chi connectivity index (χ1n) is 5.09. The smallest absolute Gasteiger partial charge is 0.328 e. The number of carboxylic acid groups (broad SMARTS) is 1. The van der Waals surface area contributed by atoms with E-state index in [0.29, 0.717) is 0 Å². The van der Waals surface area contributed by atoms with Gasteiger partial charge in [-0.15, -0.1) is 0 Å². The van der Waals surface area contributed by atoms with Crippen LogP contribution in [-0.4, -0.2) is 28.6 Å². The van der Waals surface area contributed by atoms with Crippen molar-refractivity contribution < 1.29 is 14.8 Å². The normalized spacial score (nSPS) is 11.1. The van der Waals surface area contributed by atoms with Crippen LogP contribution < -0.4 is 4.90 Å². The summed E-state index contributed by atoms with van der Waals surface area (Å²) >= 11 is 1.97. The number of carbonyl (C=O) groups is 1. The van der Waals surface area contributed by atoms with E-state index >= 15 is 0 Å². The van der Waals surface area contributed by atoms with E-state index in [4.69, 9.17) is 5.11 Å². The van der Waals surface area contributed by atoms with Gasteiger partial charge in [0.05, 0.1) is 4.92 Å². The van der Waals surface area contributed by atoms with Crippen LogP contribution in [-0.2, 0) is 4.79 Å². The van der Waals surface area contributed by atoms with Crippen LogP contribution in [0.4, 0.5) is 11.4 Å². The Balaban J connectivity index is 3.33. The van der Waals surface area contributed by atoms with Crippen molar-refractivity contribution >= 4 is 39.9 Å². The first kappa shape index (κ1) is 14.7. The fourth-order valence-electron chi connectivity index (χ4n) is 1.37. The minimum Gasteiger partial charge on any atom is -0.480 e. The molecule has 0 unspecified atom stereocenters. The molecule has 0 aliphatic carbocycles. The molecule has 1 N–H and O–H groups in total. The monoisotopic (exact) mass is 364 g/mol. The third kappa shape index (κ3) is 2.71. The van der Waals surface area contributed by atoms with E-state index in [9.17, 15) is 14.9 Å². The Morgan fingerprint density at radius 2 is 2.06 bits per heavy atom. The van der Waals surface area contributed by atoms with Gasteiger partial charge in [0.2, 0.25) is 0 Å². The number of anilines is 1. The van der Waals surface area contributed by atoms with Crippen molar-refractivity contribution in [1.82, 2.24) is 0 Å². The topological polar surface area (TPSA) is 83.7 Å². The van der Waals surface area contributed by atoms with E-state index in [0.717, 1.165) is 3.57 Å². The number of likely N-dealkylation sites (N-methyl/N-ethyl adjacent to an activating group) is 1. The first-order valence-corrected chi connectivity index (χ1v) is 6.17. The van der Waals surface area contributed by atoms with Gasteiger partial charge in [0.25, 0.3) is 5.69 Å². The lowest BCUT2D eigenvalue weighted by Crippen LogP contribution is -2.48. The van der Waals surface area contributed by atoms with Gasteiger partial charge in [-0.3, -0.25) is 10.1 Å². The summed E-state index contributed by atoms with van der Waals surface area (Å²) in [5, 5.41) is 20.1. The Hall–Kier alpha value is -1.38. The second kappa shape index (κ2) is 5.09. The van der Waals surface area contributed by atoms with Crippen molar-refractivity contribution in [3.63, 3.8) is 0 Å². The lowest BCUT2D eigenvalue weighted by molar-refractivity contribution is -0.384. The Kier molecular flexibility index (Phi) is 4.15. The molecule has 98 valence electrons. The van der Waals surface area contributed by atoms with Gasteiger partial charge in [0.1, 0.15) is 11.2 Å². The number of carboxylic acids is 1. The van der Waals surface area contributed by atoms with Crippen molar-refractivity contribution in [3.8, 4) is 0 Å². The summed E-state index contributed by atoms with van der Waals surface area (Å²) in [5.41, 5.74) is -1.04.